The van der Waals surface area contributed by atoms with Crippen molar-refractivity contribution in [2.24, 2.45) is 5.92 Å². The minimum Gasteiger partial charge on any atom is -0.466 e. The van der Waals surface area contributed by atoms with Gasteiger partial charge in [-0.05, 0) is 12.8 Å². The summed E-state index contributed by atoms with van der Waals surface area (Å²) in [5.74, 6) is 4.83. The molecule has 0 aliphatic heterocycles. The minimum absolute atomic E-state index is 0.0639. The lowest BCUT2D eigenvalue weighted by Gasteiger charge is -2.09. The van der Waals surface area contributed by atoms with Crippen LogP contribution in [0.3, 0.4) is 0 Å². The van der Waals surface area contributed by atoms with Gasteiger partial charge < -0.3 is 4.74 Å². The zero-order valence-electron chi connectivity index (χ0n) is 7.88. The summed E-state index contributed by atoms with van der Waals surface area (Å²) >= 11 is 0. The van der Waals surface area contributed by atoms with E-state index in [9.17, 15) is 4.79 Å². The largest absolute Gasteiger partial charge is 0.466 e. The van der Waals surface area contributed by atoms with Crippen LogP contribution >= 0.6 is 0 Å². The minimum atomic E-state index is -0.224. The van der Waals surface area contributed by atoms with Crippen molar-refractivity contribution in [2.75, 3.05) is 6.61 Å². The summed E-state index contributed by atoms with van der Waals surface area (Å²) in [7, 11) is 0. The van der Waals surface area contributed by atoms with Crippen LogP contribution in [-0.4, -0.2) is 12.6 Å². The fourth-order valence-electron chi connectivity index (χ4n) is 1.01. The van der Waals surface area contributed by atoms with Crippen molar-refractivity contribution in [1.82, 2.24) is 0 Å². The maximum absolute atomic E-state index is 11.0. The van der Waals surface area contributed by atoms with Crippen LogP contribution < -0.4 is 0 Å². The van der Waals surface area contributed by atoms with E-state index in [4.69, 9.17) is 17.6 Å². The third-order valence-corrected chi connectivity index (χ3v) is 1.57. The maximum Gasteiger partial charge on any atom is 0.306 e. The van der Waals surface area contributed by atoms with Crippen molar-refractivity contribution >= 4 is 5.97 Å². The van der Waals surface area contributed by atoms with Crippen LogP contribution in [0.15, 0.2) is 0 Å². The summed E-state index contributed by atoms with van der Waals surface area (Å²) in [5, 5.41) is 0. The van der Waals surface area contributed by atoms with E-state index in [1.165, 1.54) is 0 Å². The van der Waals surface area contributed by atoms with Gasteiger partial charge in [0.2, 0.25) is 0 Å². The predicted octanol–water partition coefficient (Wildman–Crippen LogP) is 1.60. The third-order valence-electron chi connectivity index (χ3n) is 1.57. The molecule has 0 spiro atoms. The van der Waals surface area contributed by atoms with E-state index in [1.54, 1.807) is 6.92 Å². The van der Waals surface area contributed by atoms with Crippen molar-refractivity contribution in [3.8, 4) is 24.7 Å². The van der Waals surface area contributed by atoms with Crippen LogP contribution in [0.1, 0.15) is 26.2 Å². The van der Waals surface area contributed by atoms with E-state index >= 15 is 0 Å². The number of esters is 1. The zero-order chi connectivity index (χ0) is 10.1. The number of hydrogen-bond donors (Lipinski definition) is 0. The molecule has 0 fully saturated rings. The molecule has 0 aromatic rings. The monoisotopic (exact) mass is 178 g/mol. The van der Waals surface area contributed by atoms with E-state index < -0.39 is 0 Å². The second-order valence-corrected chi connectivity index (χ2v) is 2.69. The Kier molecular flexibility index (Phi) is 6.46. The smallest absolute Gasteiger partial charge is 0.306 e. The van der Waals surface area contributed by atoms with Gasteiger partial charge in [-0.2, -0.15) is 0 Å². The molecule has 0 bridgehead atoms. The highest BCUT2D eigenvalue weighted by molar-refractivity contribution is 5.69. The molecule has 0 amide bonds. The first-order valence-electron chi connectivity index (χ1n) is 4.27. The molecule has 2 heteroatoms. The fourth-order valence-corrected chi connectivity index (χ4v) is 1.01. The van der Waals surface area contributed by atoms with Crippen molar-refractivity contribution in [1.29, 1.82) is 0 Å². The molecule has 0 aliphatic rings. The number of terminal acetylenes is 2. The van der Waals surface area contributed by atoms with Crippen molar-refractivity contribution in [3.05, 3.63) is 0 Å². The summed E-state index contributed by atoms with van der Waals surface area (Å²) in [6.07, 6.45) is 11.7. The first-order chi connectivity index (χ1) is 6.24. The number of carbonyl (C=O) groups is 1. The van der Waals surface area contributed by atoms with Gasteiger partial charge in [0.05, 0.1) is 13.0 Å². The molecule has 0 aromatic heterocycles. The summed E-state index contributed by atoms with van der Waals surface area (Å²) in [5.41, 5.74) is 0. The molecule has 0 unspecified atom stereocenters. The second-order valence-electron chi connectivity index (χ2n) is 2.69. The Morgan fingerprint density at radius 3 is 2.31 bits per heavy atom. The van der Waals surface area contributed by atoms with E-state index in [-0.39, 0.29) is 11.9 Å². The van der Waals surface area contributed by atoms with Gasteiger partial charge >= 0.3 is 5.97 Å². The molecule has 0 aromatic carbocycles. The first-order valence-corrected chi connectivity index (χ1v) is 4.27. The van der Waals surface area contributed by atoms with Gasteiger partial charge in [-0.3, -0.25) is 4.79 Å². The van der Waals surface area contributed by atoms with Gasteiger partial charge in [0.25, 0.3) is 0 Å². The number of hydrogen-bond acceptors (Lipinski definition) is 2. The molecule has 0 saturated carbocycles. The molecule has 70 valence electrons. The van der Waals surface area contributed by atoms with E-state index in [2.05, 4.69) is 11.8 Å². The van der Waals surface area contributed by atoms with Crippen LogP contribution in [0.2, 0.25) is 0 Å². The van der Waals surface area contributed by atoms with Crippen LogP contribution in [0.4, 0.5) is 0 Å². The van der Waals surface area contributed by atoms with Crippen LogP contribution in [0, 0.1) is 30.6 Å². The lowest BCUT2D eigenvalue weighted by atomic mass is 9.98. The van der Waals surface area contributed by atoms with Gasteiger partial charge in [-0.1, -0.05) is 0 Å². The normalized spacial score (nSPS) is 8.92. The van der Waals surface area contributed by atoms with Gasteiger partial charge in [0.1, 0.15) is 0 Å². The maximum atomic E-state index is 11.0. The Balaban J connectivity index is 3.89. The molecular weight excluding hydrogens is 164 g/mol. The molecule has 2 nitrogen and oxygen atoms in total. The van der Waals surface area contributed by atoms with E-state index in [0.29, 0.717) is 25.9 Å². The van der Waals surface area contributed by atoms with Gasteiger partial charge in [0, 0.05) is 12.8 Å². The molecule has 0 saturated heterocycles. The Labute approximate surface area is 79.7 Å². The van der Waals surface area contributed by atoms with E-state index in [1.807, 2.05) is 0 Å². The molecule has 0 N–H and O–H groups in total. The highest BCUT2D eigenvalue weighted by Gasteiger charge is 2.12. The third kappa shape index (κ3) is 5.82. The summed E-state index contributed by atoms with van der Waals surface area (Å²) in [6.45, 7) is 2.17. The van der Waals surface area contributed by atoms with Gasteiger partial charge in [-0.25, -0.2) is 0 Å². The second kappa shape index (κ2) is 7.25. The molecular formula is C11H14O2. The summed E-state index contributed by atoms with van der Waals surface area (Å²) in [4.78, 5) is 11.0. The highest BCUT2D eigenvalue weighted by Crippen LogP contribution is 2.12. The van der Waals surface area contributed by atoms with Crippen LogP contribution in [0.25, 0.3) is 0 Å². The van der Waals surface area contributed by atoms with Gasteiger partial charge in [0.15, 0.2) is 0 Å². The van der Waals surface area contributed by atoms with E-state index in [0.717, 1.165) is 0 Å². The Bertz CT molecular complexity index is 213. The number of ether oxygens (including phenoxy) is 1. The Morgan fingerprint density at radius 1 is 1.38 bits per heavy atom. The molecule has 13 heavy (non-hydrogen) atoms. The topological polar surface area (TPSA) is 26.3 Å². The number of carbonyl (C=O) groups excluding carboxylic acids is 1. The van der Waals surface area contributed by atoms with Crippen LogP contribution in [0.5, 0.6) is 0 Å². The molecule has 0 heterocycles. The van der Waals surface area contributed by atoms with Crippen LogP contribution in [-0.2, 0) is 9.53 Å². The highest BCUT2D eigenvalue weighted by atomic mass is 16.5. The lowest BCUT2D eigenvalue weighted by Crippen LogP contribution is -2.10. The predicted molar refractivity (Wildman–Crippen MR) is 51.6 cm³/mol. The molecule has 0 atom stereocenters. The average molecular weight is 178 g/mol. The molecule has 0 aliphatic carbocycles. The first kappa shape index (κ1) is 11.6. The summed E-state index contributed by atoms with van der Waals surface area (Å²) < 4.78 is 4.79. The standard InChI is InChI=1S/C11H14O2/c1-4-7-10(8-5-2)9-11(12)13-6-3/h1-2,10H,6-9H2,3H3. The zero-order valence-corrected chi connectivity index (χ0v) is 7.88. The SMILES string of the molecule is C#CCC(CC#C)CC(=O)OCC. The van der Waals surface area contributed by atoms with Crippen molar-refractivity contribution in [2.45, 2.75) is 26.2 Å². The number of rotatable bonds is 5. The Hall–Kier alpha value is -1.41. The lowest BCUT2D eigenvalue weighted by molar-refractivity contribution is -0.144. The van der Waals surface area contributed by atoms with Crippen molar-refractivity contribution in [3.63, 3.8) is 0 Å². The van der Waals surface area contributed by atoms with Crippen molar-refractivity contribution < 1.29 is 9.53 Å². The molecule has 0 radical (unpaired) electrons. The Morgan fingerprint density at radius 2 is 1.92 bits per heavy atom. The molecule has 0 rings (SSSR count). The fraction of sp³-hybridized carbons (Fsp3) is 0.545. The summed E-state index contributed by atoms with van der Waals surface area (Å²) in [6, 6.07) is 0. The quantitative estimate of drug-likeness (QED) is 0.472. The average Bonchev–Trinajstić information content (AvgIpc) is 2.05. The van der Waals surface area contributed by atoms with Gasteiger partial charge in [-0.15, -0.1) is 24.7 Å².